The normalized spacial score (nSPS) is 12.2. The number of carbonyl (C=O) groups excluding carboxylic acids is 2. The Hall–Kier alpha value is -2.47. The van der Waals surface area contributed by atoms with E-state index in [9.17, 15) is 9.59 Å². The smallest absolute Gasteiger partial charge is 0.243 e. The Labute approximate surface area is 196 Å². The Morgan fingerprint density at radius 3 is 2.31 bits per heavy atom. The van der Waals surface area contributed by atoms with Crippen molar-refractivity contribution in [3.8, 4) is 5.75 Å². The number of ether oxygens (including phenoxy) is 1. The van der Waals surface area contributed by atoms with Gasteiger partial charge in [0.2, 0.25) is 11.8 Å². The molecule has 0 aliphatic heterocycles. The van der Waals surface area contributed by atoms with Crippen molar-refractivity contribution >= 4 is 23.6 Å². The van der Waals surface area contributed by atoms with Gasteiger partial charge in [0.1, 0.15) is 11.8 Å². The summed E-state index contributed by atoms with van der Waals surface area (Å²) in [5.74, 6) is 1.72. The predicted octanol–water partition coefficient (Wildman–Crippen LogP) is 4.96. The summed E-state index contributed by atoms with van der Waals surface area (Å²) < 4.78 is 5.20. The third kappa shape index (κ3) is 7.90. The van der Waals surface area contributed by atoms with E-state index in [1.54, 1.807) is 23.8 Å². The van der Waals surface area contributed by atoms with Gasteiger partial charge in [0.25, 0.3) is 0 Å². The lowest BCUT2D eigenvalue weighted by atomic mass is 10.0. The van der Waals surface area contributed by atoms with Crippen molar-refractivity contribution in [1.29, 1.82) is 0 Å². The van der Waals surface area contributed by atoms with Crippen LogP contribution in [0.3, 0.4) is 0 Å². The molecule has 0 aliphatic carbocycles. The molecular formula is C26H36N2O3S. The maximum Gasteiger partial charge on any atom is 0.243 e. The number of benzene rings is 2. The SMILES string of the molecule is CC[C@H](C(=O)NC(C)(C)C)N(Cc1ccccc1C)C(=O)CSCc1ccc(OC)cc1. The molecule has 5 nitrogen and oxygen atoms in total. The van der Waals surface area contributed by atoms with Crippen molar-refractivity contribution in [3.05, 3.63) is 65.2 Å². The molecule has 1 N–H and O–H groups in total. The van der Waals surface area contributed by atoms with E-state index in [2.05, 4.69) is 5.32 Å². The fourth-order valence-electron chi connectivity index (χ4n) is 3.40. The zero-order valence-corrected chi connectivity index (χ0v) is 20.9. The van der Waals surface area contributed by atoms with Gasteiger partial charge in [-0.25, -0.2) is 0 Å². The second-order valence-electron chi connectivity index (χ2n) is 8.95. The molecule has 32 heavy (non-hydrogen) atoms. The first kappa shape index (κ1) is 25.8. The molecule has 0 unspecified atom stereocenters. The van der Waals surface area contributed by atoms with Crippen molar-refractivity contribution in [2.45, 2.75) is 64.9 Å². The van der Waals surface area contributed by atoms with Crippen LogP contribution in [0.25, 0.3) is 0 Å². The van der Waals surface area contributed by atoms with Crippen LogP contribution in [0.1, 0.15) is 50.8 Å². The van der Waals surface area contributed by atoms with Gasteiger partial charge >= 0.3 is 0 Å². The van der Waals surface area contributed by atoms with Crippen LogP contribution in [0.5, 0.6) is 5.75 Å². The molecule has 2 aromatic rings. The minimum Gasteiger partial charge on any atom is -0.497 e. The number of hydrogen-bond donors (Lipinski definition) is 1. The molecule has 0 heterocycles. The largest absolute Gasteiger partial charge is 0.497 e. The zero-order chi connectivity index (χ0) is 23.7. The van der Waals surface area contributed by atoms with Crippen LogP contribution >= 0.6 is 11.8 Å². The van der Waals surface area contributed by atoms with Gasteiger partial charge in [-0.1, -0.05) is 43.3 Å². The summed E-state index contributed by atoms with van der Waals surface area (Å²) in [6, 6.07) is 15.4. The minimum atomic E-state index is -0.511. The number of hydrogen-bond acceptors (Lipinski definition) is 4. The van der Waals surface area contributed by atoms with Gasteiger partial charge in [-0.2, -0.15) is 0 Å². The third-order valence-electron chi connectivity index (χ3n) is 5.14. The molecule has 0 bridgehead atoms. The summed E-state index contributed by atoms with van der Waals surface area (Å²) in [6.45, 7) is 10.3. The highest BCUT2D eigenvalue weighted by Gasteiger charge is 2.30. The summed E-state index contributed by atoms with van der Waals surface area (Å²) in [4.78, 5) is 28.1. The fourth-order valence-corrected chi connectivity index (χ4v) is 4.27. The minimum absolute atomic E-state index is 0.0253. The lowest BCUT2D eigenvalue weighted by molar-refractivity contribution is -0.140. The first-order valence-electron chi connectivity index (χ1n) is 11.0. The van der Waals surface area contributed by atoms with Gasteiger partial charge in [0.15, 0.2) is 0 Å². The maximum absolute atomic E-state index is 13.3. The van der Waals surface area contributed by atoms with Crippen molar-refractivity contribution in [1.82, 2.24) is 10.2 Å². The van der Waals surface area contributed by atoms with Gasteiger partial charge in [0, 0.05) is 17.8 Å². The van der Waals surface area contributed by atoms with Gasteiger partial charge in [-0.15, -0.1) is 11.8 Å². The highest BCUT2D eigenvalue weighted by Crippen LogP contribution is 2.20. The van der Waals surface area contributed by atoms with Crippen molar-refractivity contribution in [2.75, 3.05) is 12.9 Å². The van der Waals surface area contributed by atoms with Crippen LogP contribution in [-0.4, -0.2) is 41.2 Å². The molecular weight excluding hydrogens is 420 g/mol. The summed E-state index contributed by atoms with van der Waals surface area (Å²) in [5, 5.41) is 3.05. The number of carbonyl (C=O) groups is 2. The monoisotopic (exact) mass is 456 g/mol. The van der Waals surface area contributed by atoms with Crippen LogP contribution in [0.2, 0.25) is 0 Å². The number of nitrogens with one attached hydrogen (secondary N) is 1. The molecule has 0 aromatic heterocycles. The Bertz CT molecular complexity index is 891. The topological polar surface area (TPSA) is 58.6 Å². The van der Waals surface area contributed by atoms with Gasteiger partial charge < -0.3 is 15.0 Å². The molecule has 174 valence electrons. The summed E-state index contributed by atoms with van der Waals surface area (Å²) in [6.07, 6.45) is 0.558. The molecule has 0 saturated heterocycles. The Morgan fingerprint density at radius 1 is 1.09 bits per heavy atom. The predicted molar refractivity (Wildman–Crippen MR) is 133 cm³/mol. The second kappa shape index (κ2) is 12.0. The van der Waals surface area contributed by atoms with E-state index < -0.39 is 6.04 Å². The molecule has 0 saturated carbocycles. The molecule has 0 fully saturated rings. The number of rotatable bonds is 10. The number of nitrogens with zero attached hydrogens (tertiary/aromatic N) is 1. The second-order valence-corrected chi connectivity index (χ2v) is 9.94. The van der Waals surface area contributed by atoms with E-state index in [1.807, 2.05) is 83.1 Å². The highest BCUT2D eigenvalue weighted by molar-refractivity contribution is 7.99. The van der Waals surface area contributed by atoms with Crippen LogP contribution in [0, 0.1) is 6.92 Å². The number of methoxy groups -OCH3 is 1. The molecule has 6 heteroatoms. The molecule has 0 radical (unpaired) electrons. The Kier molecular flexibility index (Phi) is 9.63. The Morgan fingerprint density at radius 2 is 1.75 bits per heavy atom. The van der Waals surface area contributed by atoms with Crippen molar-refractivity contribution in [3.63, 3.8) is 0 Å². The standard InChI is InChI=1S/C26H36N2O3S/c1-7-23(25(30)27-26(3,4)5)28(16-21-11-9-8-10-19(21)2)24(29)18-32-17-20-12-14-22(31-6)15-13-20/h8-15,23H,7,16-18H2,1-6H3,(H,27,30)/t23-/m1/s1. The third-order valence-corrected chi connectivity index (χ3v) is 6.13. The van der Waals surface area contributed by atoms with E-state index in [0.717, 1.165) is 28.2 Å². The van der Waals surface area contributed by atoms with Crippen molar-refractivity contribution < 1.29 is 14.3 Å². The molecule has 0 spiro atoms. The molecule has 2 rings (SSSR count). The number of thioether (sulfide) groups is 1. The molecule has 1 atom stereocenters. The van der Waals surface area contributed by atoms with Crippen LogP contribution < -0.4 is 10.1 Å². The van der Waals surface area contributed by atoms with Gasteiger partial charge in [-0.05, 0) is 62.9 Å². The lowest BCUT2D eigenvalue weighted by Gasteiger charge is -2.33. The van der Waals surface area contributed by atoms with E-state index in [0.29, 0.717) is 18.7 Å². The zero-order valence-electron chi connectivity index (χ0n) is 20.1. The van der Waals surface area contributed by atoms with Gasteiger partial charge in [-0.3, -0.25) is 9.59 Å². The summed E-state index contributed by atoms with van der Waals surface area (Å²) in [7, 11) is 1.64. The van der Waals surface area contributed by atoms with Crippen LogP contribution in [0.4, 0.5) is 0 Å². The average Bonchev–Trinajstić information content (AvgIpc) is 2.74. The van der Waals surface area contributed by atoms with Crippen molar-refractivity contribution in [2.24, 2.45) is 0 Å². The quantitative estimate of drug-likeness (QED) is 0.549. The van der Waals surface area contributed by atoms with E-state index >= 15 is 0 Å². The first-order valence-corrected chi connectivity index (χ1v) is 12.2. The molecule has 2 amide bonds. The fraction of sp³-hybridized carbons (Fsp3) is 0.462. The van der Waals surface area contributed by atoms with E-state index in [4.69, 9.17) is 4.74 Å². The Balaban J connectivity index is 2.15. The van der Waals surface area contributed by atoms with E-state index in [1.165, 1.54) is 0 Å². The maximum atomic E-state index is 13.3. The summed E-state index contributed by atoms with van der Waals surface area (Å²) in [5.41, 5.74) is 2.95. The summed E-state index contributed by atoms with van der Waals surface area (Å²) >= 11 is 1.56. The number of amides is 2. The first-order chi connectivity index (χ1) is 15.1. The molecule has 2 aromatic carbocycles. The lowest BCUT2D eigenvalue weighted by Crippen LogP contribution is -2.53. The molecule has 0 aliphatic rings. The van der Waals surface area contributed by atoms with Gasteiger partial charge in [0.05, 0.1) is 12.9 Å². The average molecular weight is 457 g/mol. The van der Waals surface area contributed by atoms with E-state index in [-0.39, 0.29) is 17.4 Å². The number of aryl methyl sites for hydroxylation is 1. The van der Waals surface area contributed by atoms with Crippen LogP contribution in [0.15, 0.2) is 48.5 Å². The van der Waals surface area contributed by atoms with Crippen LogP contribution in [-0.2, 0) is 21.9 Å². The highest BCUT2D eigenvalue weighted by atomic mass is 32.2.